The van der Waals surface area contributed by atoms with Crippen molar-refractivity contribution in [2.45, 2.75) is 45.3 Å². The van der Waals surface area contributed by atoms with E-state index in [1.165, 1.54) is 0 Å². The molecule has 1 aliphatic rings. The number of carbonyl (C=O) groups excluding carboxylic acids is 2. The van der Waals surface area contributed by atoms with Crippen LogP contribution in [0, 0.1) is 5.92 Å². The molecule has 5 nitrogen and oxygen atoms in total. The largest absolute Gasteiger partial charge is 0.444 e. The molecule has 0 aliphatic heterocycles. The third-order valence-electron chi connectivity index (χ3n) is 3.88. The van der Waals surface area contributed by atoms with Crippen LogP contribution in [0.15, 0.2) is 24.3 Å². The Balaban J connectivity index is 2.12. The highest BCUT2D eigenvalue weighted by molar-refractivity contribution is 6.00. The summed E-state index contributed by atoms with van der Waals surface area (Å²) >= 11 is 0. The number of Topliss-reactive ketones (excluding diaryl/α,β-unsaturated/α-hetero) is 1. The van der Waals surface area contributed by atoms with E-state index < -0.39 is 17.7 Å². The maximum atomic E-state index is 12.8. The molecule has 0 radical (unpaired) electrons. The zero-order valence-corrected chi connectivity index (χ0v) is 14.2. The number of carbonyl (C=O) groups is 2. The van der Waals surface area contributed by atoms with Gasteiger partial charge in [-0.3, -0.25) is 4.79 Å². The van der Waals surface area contributed by atoms with Gasteiger partial charge in [0.25, 0.3) is 0 Å². The minimum atomic E-state index is -0.578. The molecule has 0 spiro atoms. The Bertz CT molecular complexity index is 577. The Hall–Kier alpha value is -1.88. The molecule has 1 aliphatic carbocycles. The van der Waals surface area contributed by atoms with Gasteiger partial charge < -0.3 is 14.8 Å². The second-order valence-corrected chi connectivity index (χ2v) is 6.87. The van der Waals surface area contributed by atoms with Crippen LogP contribution in [0.25, 0.3) is 0 Å². The van der Waals surface area contributed by atoms with E-state index in [9.17, 15) is 9.59 Å². The van der Waals surface area contributed by atoms with E-state index in [2.05, 4.69) is 5.32 Å². The minimum absolute atomic E-state index is 0.0601. The van der Waals surface area contributed by atoms with Gasteiger partial charge >= 0.3 is 6.09 Å². The first-order valence-corrected chi connectivity index (χ1v) is 7.92. The van der Waals surface area contributed by atoms with Crippen molar-refractivity contribution in [2.75, 3.05) is 13.7 Å². The van der Waals surface area contributed by atoms with Crippen molar-refractivity contribution < 1.29 is 19.1 Å². The van der Waals surface area contributed by atoms with Gasteiger partial charge in [0.2, 0.25) is 0 Å². The van der Waals surface area contributed by atoms with Crippen molar-refractivity contribution >= 4 is 11.9 Å². The Morgan fingerprint density at radius 1 is 1.35 bits per heavy atom. The molecule has 0 saturated carbocycles. The molecule has 1 amide bonds. The number of alkyl carbamates (subject to hydrolysis) is 1. The van der Waals surface area contributed by atoms with Crippen molar-refractivity contribution in [1.29, 1.82) is 0 Å². The summed E-state index contributed by atoms with van der Waals surface area (Å²) in [7, 11) is 1.56. The summed E-state index contributed by atoms with van der Waals surface area (Å²) in [4.78, 5) is 24.8. The van der Waals surface area contributed by atoms with Gasteiger partial charge in [-0.15, -0.1) is 0 Å². The highest BCUT2D eigenvalue weighted by Gasteiger charge is 2.35. The summed E-state index contributed by atoms with van der Waals surface area (Å²) in [6.07, 6.45) is 0.994. The molecule has 1 aromatic rings. The quantitative estimate of drug-likeness (QED) is 0.926. The van der Waals surface area contributed by atoms with Crippen LogP contribution in [0.1, 0.15) is 43.1 Å². The average Bonchev–Trinajstić information content (AvgIpc) is 2.45. The molecule has 23 heavy (non-hydrogen) atoms. The zero-order chi connectivity index (χ0) is 17.0. The molecule has 1 N–H and O–H groups in total. The second kappa shape index (κ2) is 7.13. The van der Waals surface area contributed by atoms with Crippen LogP contribution in [0.4, 0.5) is 4.79 Å². The molecule has 0 bridgehead atoms. The summed E-state index contributed by atoms with van der Waals surface area (Å²) in [6.45, 7) is 5.69. The van der Waals surface area contributed by atoms with Gasteiger partial charge in [-0.25, -0.2) is 4.79 Å². The number of ether oxygens (including phenoxy) is 2. The molecule has 2 atom stereocenters. The van der Waals surface area contributed by atoms with Gasteiger partial charge in [0.15, 0.2) is 5.78 Å². The number of aryl methyl sites for hydroxylation is 1. The summed E-state index contributed by atoms with van der Waals surface area (Å²) in [5.74, 6) is -0.234. The smallest absolute Gasteiger partial charge is 0.407 e. The van der Waals surface area contributed by atoms with Gasteiger partial charge in [-0.2, -0.15) is 0 Å². The lowest BCUT2D eigenvalue weighted by Gasteiger charge is -2.31. The van der Waals surface area contributed by atoms with Crippen molar-refractivity contribution in [1.82, 2.24) is 5.32 Å². The fraction of sp³-hybridized carbons (Fsp3) is 0.556. The third kappa shape index (κ3) is 4.55. The summed E-state index contributed by atoms with van der Waals surface area (Å²) in [5, 5.41) is 2.80. The monoisotopic (exact) mass is 319 g/mol. The number of hydrogen-bond donors (Lipinski definition) is 1. The molecule has 1 aromatic carbocycles. The Kier molecular flexibility index (Phi) is 5.42. The van der Waals surface area contributed by atoms with E-state index in [1.54, 1.807) is 27.9 Å². The number of nitrogens with one attached hydrogen (secondary N) is 1. The number of methoxy groups -OCH3 is 1. The van der Waals surface area contributed by atoms with Crippen LogP contribution in [0.2, 0.25) is 0 Å². The summed E-state index contributed by atoms with van der Waals surface area (Å²) in [6, 6.07) is 7.25. The maximum Gasteiger partial charge on any atom is 0.407 e. The van der Waals surface area contributed by atoms with Crippen LogP contribution in [0.5, 0.6) is 0 Å². The molecule has 126 valence electrons. The summed E-state index contributed by atoms with van der Waals surface area (Å²) in [5.41, 5.74) is 1.24. The topological polar surface area (TPSA) is 64.6 Å². The first kappa shape index (κ1) is 17.5. The molecule has 2 rings (SSSR count). The molecular formula is C18H25NO4. The molecule has 2 unspecified atom stereocenters. The van der Waals surface area contributed by atoms with E-state index in [4.69, 9.17) is 9.47 Å². The van der Waals surface area contributed by atoms with Gasteiger partial charge in [0, 0.05) is 18.6 Å². The van der Waals surface area contributed by atoms with Gasteiger partial charge in [-0.05, 0) is 39.2 Å². The van der Waals surface area contributed by atoms with E-state index >= 15 is 0 Å². The number of hydrogen-bond acceptors (Lipinski definition) is 4. The van der Waals surface area contributed by atoms with Crippen LogP contribution in [-0.4, -0.2) is 37.2 Å². The Morgan fingerprint density at radius 2 is 2.04 bits per heavy atom. The predicted molar refractivity (Wildman–Crippen MR) is 87.6 cm³/mol. The van der Waals surface area contributed by atoms with Gasteiger partial charge in [0.05, 0.1) is 12.6 Å². The number of rotatable bonds is 4. The fourth-order valence-electron chi connectivity index (χ4n) is 2.90. The highest BCUT2D eigenvalue weighted by atomic mass is 16.6. The van der Waals surface area contributed by atoms with Crippen molar-refractivity contribution in [2.24, 2.45) is 5.92 Å². The van der Waals surface area contributed by atoms with Crippen LogP contribution in [0.3, 0.4) is 0 Å². The predicted octanol–water partition coefficient (Wildman–Crippen LogP) is 2.97. The van der Waals surface area contributed by atoms with Crippen molar-refractivity contribution in [3.63, 3.8) is 0 Å². The first-order chi connectivity index (χ1) is 10.8. The van der Waals surface area contributed by atoms with Gasteiger partial charge in [-0.1, -0.05) is 24.3 Å². The lowest BCUT2D eigenvalue weighted by Crippen LogP contribution is -2.48. The number of benzene rings is 1. The number of amides is 1. The zero-order valence-electron chi connectivity index (χ0n) is 14.2. The highest BCUT2D eigenvalue weighted by Crippen LogP contribution is 2.28. The normalized spacial score (nSPS) is 19.0. The minimum Gasteiger partial charge on any atom is -0.444 e. The lowest BCUT2D eigenvalue weighted by molar-refractivity contribution is 0.0422. The molecule has 0 fully saturated rings. The van der Waals surface area contributed by atoms with Crippen LogP contribution >= 0.6 is 0 Å². The lowest BCUT2D eigenvalue weighted by atomic mass is 9.79. The van der Waals surface area contributed by atoms with E-state index in [1.807, 2.05) is 24.3 Å². The molecule has 5 heteroatoms. The number of ketones is 1. The van der Waals surface area contributed by atoms with E-state index in [-0.39, 0.29) is 18.3 Å². The Morgan fingerprint density at radius 3 is 2.70 bits per heavy atom. The van der Waals surface area contributed by atoms with Crippen LogP contribution < -0.4 is 5.32 Å². The van der Waals surface area contributed by atoms with E-state index in [0.717, 1.165) is 17.5 Å². The molecular weight excluding hydrogens is 294 g/mol. The molecule has 0 aromatic heterocycles. The van der Waals surface area contributed by atoms with Gasteiger partial charge in [0.1, 0.15) is 5.60 Å². The number of fused-ring (bicyclic) bond motifs is 1. The van der Waals surface area contributed by atoms with Crippen molar-refractivity contribution in [3.05, 3.63) is 35.4 Å². The second-order valence-electron chi connectivity index (χ2n) is 6.87. The summed E-state index contributed by atoms with van der Waals surface area (Å²) < 4.78 is 10.5. The van der Waals surface area contributed by atoms with E-state index in [0.29, 0.717) is 6.42 Å². The SMILES string of the molecule is COCC(NC(=O)OC(C)(C)C)C1CCc2ccccc2C1=O. The third-order valence-corrected chi connectivity index (χ3v) is 3.88. The maximum absolute atomic E-state index is 12.8. The fourth-order valence-corrected chi connectivity index (χ4v) is 2.90. The van der Waals surface area contributed by atoms with Crippen LogP contribution in [-0.2, 0) is 15.9 Å². The average molecular weight is 319 g/mol. The Labute approximate surface area is 137 Å². The first-order valence-electron chi connectivity index (χ1n) is 7.92. The molecule has 0 saturated heterocycles. The van der Waals surface area contributed by atoms with Crippen molar-refractivity contribution in [3.8, 4) is 0 Å². The molecule has 0 heterocycles. The standard InChI is InChI=1S/C18H25NO4/c1-18(2,3)23-17(21)19-15(11-22-4)14-10-9-12-7-5-6-8-13(12)16(14)20/h5-8,14-15H,9-11H2,1-4H3,(H,19,21).